The second kappa shape index (κ2) is 6.19. The highest BCUT2D eigenvalue weighted by Gasteiger charge is 2.48. The number of carbonyl (C=O) groups excluding carboxylic acids is 1. The number of aromatic nitrogens is 2. The van der Waals surface area contributed by atoms with Crippen molar-refractivity contribution in [2.45, 2.75) is 13.3 Å². The Morgan fingerprint density at radius 1 is 1.22 bits per heavy atom. The summed E-state index contributed by atoms with van der Waals surface area (Å²) in [5.41, 5.74) is 3.74. The van der Waals surface area contributed by atoms with Gasteiger partial charge in [-0.15, -0.1) is 0 Å². The third-order valence-corrected chi connectivity index (χ3v) is 5.03. The Kier molecular flexibility index (Phi) is 3.95. The summed E-state index contributed by atoms with van der Waals surface area (Å²) in [5, 5.41) is 11.8. The highest BCUT2D eigenvalue weighted by Crippen LogP contribution is 2.39. The van der Waals surface area contributed by atoms with Crippen LogP contribution in [0.25, 0.3) is 22.4 Å². The number of anilines is 1. The number of carbonyl (C=O) groups is 2. The van der Waals surface area contributed by atoms with Gasteiger partial charge in [0.05, 0.1) is 22.9 Å². The van der Waals surface area contributed by atoms with E-state index in [1.54, 1.807) is 12.1 Å². The second-order valence-electron chi connectivity index (χ2n) is 6.93. The van der Waals surface area contributed by atoms with E-state index >= 15 is 0 Å². The first-order chi connectivity index (χ1) is 12.8. The number of imidazole rings is 1. The van der Waals surface area contributed by atoms with Crippen LogP contribution in [0.3, 0.4) is 0 Å². The number of hydrogen-bond donors (Lipinski definition) is 2. The molecule has 7 heteroatoms. The standard InChI is InChI=1S/C20H18FN3O3/c1-10-7-11(18-22-16-8-12(21)4-6-17(16)24(18)2)3-5-15(10)23-19(25)13-9-14(13)20(26)27/h3-8,13-14H,9H2,1-2H3,(H,23,25)(H,26,27). The van der Waals surface area contributed by atoms with Gasteiger partial charge in [0.25, 0.3) is 0 Å². The molecule has 1 heterocycles. The van der Waals surface area contributed by atoms with Crippen molar-refractivity contribution in [3.63, 3.8) is 0 Å². The first-order valence-corrected chi connectivity index (χ1v) is 8.62. The molecule has 138 valence electrons. The molecule has 27 heavy (non-hydrogen) atoms. The minimum Gasteiger partial charge on any atom is -0.481 e. The number of rotatable bonds is 4. The number of nitrogens with one attached hydrogen (secondary N) is 1. The molecule has 2 atom stereocenters. The number of aryl methyl sites for hydroxylation is 2. The number of amides is 1. The number of hydrogen-bond acceptors (Lipinski definition) is 3. The fourth-order valence-electron chi connectivity index (χ4n) is 3.36. The largest absolute Gasteiger partial charge is 0.481 e. The van der Waals surface area contributed by atoms with Gasteiger partial charge >= 0.3 is 5.97 Å². The molecule has 2 unspecified atom stereocenters. The molecule has 6 nitrogen and oxygen atoms in total. The maximum Gasteiger partial charge on any atom is 0.307 e. The Labute approximate surface area is 154 Å². The quantitative estimate of drug-likeness (QED) is 0.741. The normalized spacial score (nSPS) is 18.5. The fourth-order valence-corrected chi connectivity index (χ4v) is 3.36. The molecular formula is C20H18FN3O3. The van der Waals surface area contributed by atoms with Gasteiger partial charge < -0.3 is 15.0 Å². The maximum atomic E-state index is 13.4. The number of carboxylic acid groups (broad SMARTS) is 1. The van der Waals surface area contributed by atoms with E-state index in [4.69, 9.17) is 5.11 Å². The van der Waals surface area contributed by atoms with E-state index in [2.05, 4.69) is 10.3 Å². The van der Waals surface area contributed by atoms with Gasteiger partial charge in [-0.3, -0.25) is 9.59 Å². The Bertz CT molecular complexity index is 1090. The first-order valence-electron chi connectivity index (χ1n) is 8.62. The molecule has 0 radical (unpaired) electrons. The minimum atomic E-state index is -0.930. The summed E-state index contributed by atoms with van der Waals surface area (Å²) >= 11 is 0. The van der Waals surface area contributed by atoms with E-state index in [9.17, 15) is 14.0 Å². The molecule has 0 saturated heterocycles. The lowest BCUT2D eigenvalue weighted by Crippen LogP contribution is -2.17. The summed E-state index contributed by atoms with van der Waals surface area (Å²) in [6.45, 7) is 1.86. The number of fused-ring (bicyclic) bond motifs is 1. The van der Waals surface area contributed by atoms with E-state index in [0.29, 0.717) is 23.4 Å². The maximum absolute atomic E-state index is 13.4. The van der Waals surface area contributed by atoms with E-state index in [1.807, 2.05) is 30.7 Å². The van der Waals surface area contributed by atoms with Crippen LogP contribution in [0.2, 0.25) is 0 Å². The summed E-state index contributed by atoms with van der Waals surface area (Å²) in [6.07, 6.45) is 0.384. The SMILES string of the molecule is Cc1cc(-c2nc3cc(F)ccc3n2C)ccc1NC(=O)C1CC1C(=O)O. The molecule has 1 amide bonds. The van der Waals surface area contributed by atoms with Crippen molar-refractivity contribution in [3.05, 3.63) is 47.8 Å². The van der Waals surface area contributed by atoms with Gasteiger partial charge in [-0.2, -0.15) is 0 Å². The molecule has 1 saturated carbocycles. The van der Waals surface area contributed by atoms with E-state index < -0.39 is 17.8 Å². The highest BCUT2D eigenvalue weighted by atomic mass is 19.1. The number of aliphatic carboxylic acids is 1. The van der Waals surface area contributed by atoms with Crippen LogP contribution in [-0.2, 0) is 16.6 Å². The van der Waals surface area contributed by atoms with Crippen molar-refractivity contribution in [1.29, 1.82) is 0 Å². The molecule has 2 N–H and O–H groups in total. The van der Waals surface area contributed by atoms with Crippen molar-refractivity contribution >= 4 is 28.6 Å². The van der Waals surface area contributed by atoms with Gasteiger partial charge in [-0.05, 0) is 49.2 Å². The lowest BCUT2D eigenvalue weighted by atomic mass is 10.1. The Balaban J connectivity index is 1.60. The Hall–Kier alpha value is -3.22. The smallest absolute Gasteiger partial charge is 0.307 e. The summed E-state index contributed by atoms with van der Waals surface area (Å²) in [4.78, 5) is 27.6. The van der Waals surface area contributed by atoms with Crippen LogP contribution < -0.4 is 5.32 Å². The number of carboxylic acids is 1. The molecule has 1 aliphatic carbocycles. The number of halogens is 1. The lowest BCUT2D eigenvalue weighted by Gasteiger charge is -2.10. The highest BCUT2D eigenvalue weighted by molar-refractivity contribution is 5.98. The molecule has 1 fully saturated rings. The molecule has 2 aromatic carbocycles. The fraction of sp³-hybridized carbons (Fsp3) is 0.250. The first kappa shape index (κ1) is 17.2. The molecule has 4 rings (SSSR count). The Morgan fingerprint density at radius 2 is 2.00 bits per heavy atom. The zero-order chi connectivity index (χ0) is 19.3. The molecule has 0 aliphatic heterocycles. The molecule has 3 aromatic rings. The van der Waals surface area contributed by atoms with Gasteiger partial charge in [0.2, 0.25) is 5.91 Å². The van der Waals surface area contributed by atoms with Gasteiger partial charge in [0.15, 0.2) is 0 Å². The zero-order valence-corrected chi connectivity index (χ0v) is 14.9. The van der Waals surface area contributed by atoms with Crippen molar-refractivity contribution in [2.75, 3.05) is 5.32 Å². The van der Waals surface area contributed by atoms with Crippen molar-refractivity contribution in [3.8, 4) is 11.4 Å². The summed E-state index contributed by atoms with van der Waals surface area (Å²) in [5.74, 6) is -1.87. The van der Waals surface area contributed by atoms with Crippen molar-refractivity contribution in [1.82, 2.24) is 9.55 Å². The van der Waals surface area contributed by atoms with Crippen LogP contribution in [0.5, 0.6) is 0 Å². The number of nitrogens with zero attached hydrogens (tertiary/aromatic N) is 2. The third kappa shape index (κ3) is 3.05. The van der Waals surface area contributed by atoms with E-state index in [0.717, 1.165) is 16.6 Å². The van der Waals surface area contributed by atoms with Crippen LogP contribution >= 0.6 is 0 Å². The predicted octanol–water partition coefficient (Wildman–Crippen LogP) is 3.35. The molecule has 1 aliphatic rings. The summed E-state index contributed by atoms with van der Waals surface area (Å²) in [6, 6.07) is 10.0. The summed E-state index contributed by atoms with van der Waals surface area (Å²) < 4.78 is 15.3. The van der Waals surface area contributed by atoms with Gasteiger partial charge in [0, 0.05) is 24.4 Å². The Morgan fingerprint density at radius 3 is 2.67 bits per heavy atom. The molecular weight excluding hydrogens is 349 g/mol. The predicted molar refractivity (Wildman–Crippen MR) is 98.7 cm³/mol. The molecule has 0 bridgehead atoms. The van der Waals surface area contributed by atoms with Crippen molar-refractivity contribution in [2.24, 2.45) is 18.9 Å². The average molecular weight is 367 g/mol. The van der Waals surface area contributed by atoms with Crippen molar-refractivity contribution < 1.29 is 19.1 Å². The van der Waals surface area contributed by atoms with Crippen LogP contribution in [-0.4, -0.2) is 26.5 Å². The van der Waals surface area contributed by atoms with Crippen LogP contribution in [0.1, 0.15) is 12.0 Å². The monoisotopic (exact) mass is 367 g/mol. The van der Waals surface area contributed by atoms with Crippen LogP contribution in [0, 0.1) is 24.6 Å². The average Bonchev–Trinajstić information content (AvgIpc) is 3.36. The third-order valence-electron chi connectivity index (χ3n) is 5.03. The molecule has 0 spiro atoms. The van der Waals surface area contributed by atoms with E-state index in [-0.39, 0.29) is 11.7 Å². The zero-order valence-electron chi connectivity index (χ0n) is 14.9. The topological polar surface area (TPSA) is 84.2 Å². The van der Waals surface area contributed by atoms with Gasteiger partial charge in [0.1, 0.15) is 11.6 Å². The van der Waals surface area contributed by atoms with E-state index in [1.165, 1.54) is 12.1 Å². The lowest BCUT2D eigenvalue weighted by molar-refractivity contribution is -0.139. The minimum absolute atomic E-state index is 0.267. The van der Waals surface area contributed by atoms with Gasteiger partial charge in [-0.1, -0.05) is 0 Å². The molecule has 1 aromatic heterocycles. The van der Waals surface area contributed by atoms with Gasteiger partial charge in [-0.25, -0.2) is 9.37 Å². The second-order valence-corrected chi connectivity index (χ2v) is 6.93. The summed E-state index contributed by atoms with van der Waals surface area (Å²) in [7, 11) is 1.87. The van der Waals surface area contributed by atoms with Crippen LogP contribution in [0.15, 0.2) is 36.4 Å². The van der Waals surface area contributed by atoms with Crippen LogP contribution in [0.4, 0.5) is 10.1 Å². The number of benzene rings is 2.